The van der Waals surface area contributed by atoms with Gasteiger partial charge in [-0.25, -0.2) is 9.97 Å². The Morgan fingerprint density at radius 3 is 2.46 bits per heavy atom. The summed E-state index contributed by atoms with van der Waals surface area (Å²) in [7, 11) is 1.66. The van der Waals surface area contributed by atoms with Crippen LogP contribution in [-0.2, 0) is 6.42 Å². The number of rotatable bonds is 10. The molecular weight excluding hydrogens is 328 g/mol. The molecule has 0 unspecified atom stereocenters. The highest BCUT2D eigenvalue weighted by Gasteiger charge is 2.15. The predicted octanol–water partition coefficient (Wildman–Crippen LogP) is 3.40. The van der Waals surface area contributed by atoms with E-state index in [-0.39, 0.29) is 5.91 Å². The Balaban J connectivity index is 1.89. The molecule has 0 aliphatic heterocycles. The lowest BCUT2D eigenvalue weighted by Gasteiger charge is -2.21. The molecule has 1 heterocycles. The predicted molar refractivity (Wildman–Crippen MR) is 104 cm³/mol. The van der Waals surface area contributed by atoms with E-state index in [1.54, 1.807) is 19.5 Å². The number of hydrogen-bond acceptors (Lipinski definition) is 5. The number of nitrogens with zero attached hydrogens (tertiary/aromatic N) is 3. The number of ether oxygens (including phenoxy) is 1. The van der Waals surface area contributed by atoms with Gasteiger partial charge in [-0.15, -0.1) is 0 Å². The molecule has 6 heteroatoms. The van der Waals surface area contributed by atoms with Crippen molar-refractivity contribution in [1.82, 2.24) is 14.9 Å². The second-order valence-electron chi connectivity index (χ2n) is 6.12. The van der Waals surface area contributed by atoms with E-state index in [4.69, 9.17) is 4.74 Å². The van der Waals surface area contributed by atoms with Crippen LogP contribution < -0.4 is 10.1 Å². The molecule has 2 aromatic rings. The van der Waals surface area contributed by atoms with Gasteiger partial charge in [0.2, 0.25) is 5.95 Å². The first-order chi connectivity index (χ1) is 12.7. The van der Waals surface area contributed by atoms with Gasteiger partial charge in [0.05, 0.1) is 12.7 Å². The Bertz CT molecular complexity index is 682. The summed E-state index contributed by atoms with van der Waals surface area (Å²) in [5, 5.41) is 3.19. The summed E-state index contributed by atoms with van der Waals surface area (Å²) in [6.07, 6.45) is 5.91. The molecule has 0 radical (unpaired) electrons. The van der Waals surface area contributed by atoms with Gasteiger partial charge in [-0.05, 0) is 37.0 Å². The van der Waals surface area contributed by atoms with Gasteiger partial charge in [0, 0.05) is 32.0 Å². The Hall–Kier alpha value is -2.63. The van der Waals surface area contributed by atoms with Crippen molar-refractivity contribution >= 4 is 11.9 Å². The summed E-state index contributed by atoms with van der Waals surface area (Å²) in [6.45, 7) is 6.36. The number of benzene rings is 1. The van der Waals surface area contributed by atoms with Gasteiger partial charge in [-0.3, -0.25) is 4.79 Å². The minimum atomic E-state index is -0.00312. The fourth-order valence-corrected chi connectivity index (χ4v) is 2.71. The van der Waals surface area contributed by atoms with E-state index in [0.29, 0.717) is 18.1 Å². The summed E-state index contributed by atoms with van der Waals surface area (Å²) >= 11 is 0. The third-order valence-corrected chi connectivity index (χ3v) is 4.00. The molecule has 0 spiro atoms. The van der Waals surface area contributed by atoms with Gasteiger partial charge >= 0.3 is 0 Å². The first-order valence-corrected chi connectivity index (χ1v) is 9.16. The van der Waals surface area contributed by atoms with Crippen molar-refractivity contribution in [3.8, 4) is 5.75 Å². The van der Waals surface area contributed by atoms with Gasteiger partial charge < -0.3 is 15.0 Å². The largest absolute Gasteiger partial charge is 0.497 e. The summed E-state index contributed by atoms with van der Waals surface area (Å²) < 4.78 is 5.23. The molecular formula is C20H28N4O2. The van der Waals surface area contributed by atoms with Crippen molar-refractivity contribution in [2.45, 2.75) is 33.1 Å². The monoisotopic (exact) mass is 356 g/mol. The molecule has 0 fully saturated rings. The average Bonchev–Trinajstić information content (AvgIpc) is 2.68. The third kappa shape index (κ3) is 5.72. The highest BCUT2D eigenvalue weighted by atomic mass is 16.5. The number of aromatic nitrogens is 2. The van der Waals surface area contributed by atoms with Crippen LogP contribution in [0.4, 0.5) is 5.95 Å². The number of nitrogens with one attached hydrogen (secondary N) is 1. The van der Waals surface area contributed by atoms with E-state index in [1.807, 2.05) is 23.1 Å². The van der Waals surface area contributed by atoms with E-state index in [1.165, 1.54) is 5.56 Å². The van der Waals surface area contributed by atoms with Crippen molar-refractivity contribution in [2.75, 3.05) is 32.1 Å². The number of methoxy groups -OCH3 is 1. The second-order valence-corrected chi connectivity index (χ2v) is 6.12. The first kappa shape index (κ1) is 19.7. The normalized spacial score (nSPS) is 10.4. The lowest BCUT2D eigenvalue weighted by Crippen LogP contribution is -2.32. The number of amides is 1. The van der Waals surface area contributed by atoms with Crippen molar-refractivity contribution in [3.05, 3.63) is 47.8 Å². The van der Waals surface area contributed by atoms with Crippen molar-refractivity contribution in [1.29, 1.82) is 0 Å². The maximum atomic E-state index is 12.5. The average molecular weight is 356 g/mol. The summed E-state index contributed by atoms with van der Waals surface area (Å²) in [5.74, 6) is 1.38. The minimum absolute atomic E-state index is 0.00312. The standard InChI is InChI=1S/C20H28N4O2/c1-4-11-24(12-5-2)19(25)17-14-22-20(23-15-17)21-10-9-16-7-6-8-18(13-16)26-3/h6-8,13-15H,4-5,9-12H2,1-3H3,(H,21,22,23). The number of anilines is 1. The van der Waals surface area contributed by atoms with Crippen molar-refractivity contribution in [3.63, 3.8) is 0 Å². The van der Waals surface area contributed by atoms with Crippen molar-refractivity contribution < 1.29 is 9.53 Å². The Kier molecular flexibility index (Phi) is 7.86. The van der Waals surface area contributed by atoms with Gasteiger partial charge in [-0.2, -0.15) is 0 Å². The molecule has 1 aromatic heterocycles. The van der Waals surface area contributed by atoms with Crippen molar-refractivity contribution in [2.24, 2.45) is 0 Å². The molecule has 0 bridgehead atoms. The zero-order valence-electron chi connectivity index (χ0n) is 15.9. The Morgan fingerprint density at radius 1 is 1.15 bits per heavy atom. The zero-order valence-corrected chi connectivity index (χ0v) is 15.9. The quantitative estimate of drug-likeness (QED) is 0.707. The molecule has 6 nitrogen and oxygen atoms in total. The van der Waals surface area contributed by atoms with Crippen LogP contribution in [0, 0.1) is 0 Å². The SMILES string of the molecule is CCCN(CCC)C(=O)c1cnc(NCCc2cccc(OC)c2)nc1. The fourth-order valence-electron chi connectivity index (χ4n) is 2.71. The highest BCUT2D eigenvalue weighted by molar-refractivity contribution is 5.93. The summed E-state index contributed by atoms with van der Waals surface area (Å²) in [5.41, 5.74) is 1.71. The molecule has 1 N–H and O–H groups in total. The van der Waals surface area contributed by atoms with Gasteiger partial charge in [-0.1, -0.05) is 26.0 Å². The molecule has 140 valence electrons. The maximum Gasteiger partial charge on any atom is 0.256 e. The number of carbonyl (C=O) groups is 1. The smallest absolute Gasteiger partial charge is 0.256 e. The van der Waals surface area contributed by atoms with E-state index in [2.05, 4.69) is 35.2 Å². The van der Waals surface area contributed by atoms with E-state index in [0.717, 1.165) is 38.1 Å². The van der Waals surface area contributed by atoms with Crippen LogP contribution in [0.15, 0.2) is 36.7 Å². The molecule has 26 heavy (non-hydrogen) atoms. The van der Waals surface area contributed by atoms with E-state index in [9.17, 15) is 4.79 Å². The van der Waals surface area contributed by atoms with Crippen LogP contribution >= 0.6 is 0 Å². The molecule has 0 saturated carbocycles. The topological polar surface area (TPSA) is 67.4 Å². The number of carbonyl (C=O) groups excluding carboxylic acids is 1. The second kappa shape index (κ2) is 10.4. The van der Waals surface area contributed by atoms with Gasteiger partial charge in [0.25, 0.3) is 5.91 Å². The molecule has 0 atom stereocenters. The summed E-state index contributed by atoms with van der Waals surface area (Å²) in [4.78, 5) is 22.9. The maximum absolute atomic E-state index is 12.5. The van der Waals surface area contributed by atoms with E-state index >= 15 is 0 Å². The van der Waals surface area contributed by atoms with Gasteiger partial charge in [0.15, 0.2) is 0 Å². The van der Waals surface area contributed by atoms with Crippen LogP contribution in [0.3, 0.4) is 0 Å². The first-order valence-electron chi connectivity index (χ1n) is 9.16. The molecule has 1 amide bonds. The van der Waals surface area contributed by atoms with Crippen LogP contribution in [0.25, 0.3) is 0 Å². The molecule has 2 rings (SSSR count). The molecule has 1 aromatic carbocycles. The lowest BCUT2D eigenvalue weighted by atomic mass is 10.1. The zero-order chi connectivity index (χ0) is 18.8. The number of hydrogen-bond donors (Lipinski definition) is 1. The molecule has 0 aliphatic rings. The van der Waals surface area contributed by atoms with Gasteiger partial charge in [0.1, 0.15) is 5.75 Å². The minimum Gasteiger partial charge on any atom is -0.497 e. The Morgan fingerprint density at radius 2 is 1.85 bits per heavy atom. The van der Waals surface area contributed by atoms with Crippen LogP contribution in [0.2, 0.25) is 0 Å². The van der Waals surface area contributed by atoms with Crippen LogP contribution in [0.1, 0.15) is 42.6 Å². The molecule has 0 aliphatic carbocycles. The lowest BCUT2D eigenvalue weighted by molar-refractivity contribution is 0.0754. The highest BCUT2D eigenvalue weighted by Crippen LogP contribution is 2.13. The van der Waals surface area contributed by atoms with E-state index < -0.39 is 0 Å². The Labute approximate surface area is 155 Å². The summed E-state index contributed by atoms with van der Waals surface area (Å²) in [6, 6.07) is 7.97. The van der Waals surface area contributed by atoms with Crippen LogP contribution in [-0.4, -0.2) is 47.5 Å². The third-order valence-electron chi connectivity index (χ3n) is 4.00. The fraction of sp³-hybridized carbons (Fsp3) is 0.450. The van der Waals surface area contributed by atoms with Crippen LogP contribution in [0.5, 0.6) is 5.75 Å². The molecule has 0 saturated heterocycles.